The molecule has 0 bridgehead atoms. The van der Waals surface area contributed by atoms with Crippen LogP contribution in [0.1, 0.15) is 10.4 Å². The van der Waals surface area contributed by atoms with Gasteiger partial charge in [0.2, 0.25) is 0 Å². The van der Waals surface area contributed by atoms with Gasteiger partial charge >= 0.3 is 0 Å². The van der Waals surface area contributed by atoms with Crippen LogP contribution < -0.4 is 0 Å². The predicted molar refractivity (Wildman–Crippen MR) is 60.6 cm³/mol. The number of carbonyl (C=O) groups excluding carboxylic acids is 1. The molecule has 0 aliphatic rings. The molecule has 17 heavy (non-hydrogen) atoms. The number of nitro benzene ring substituents is 1. The van der Waals surface area contributed by atoms with Crippen molar-refractivity contribution in [2.24, 2.45) is 0 Å². The van der Waals surface area contributed by atoms with Crippen LogP contribution in [0.25, 0.3) is 0 Å². The minimum atomic E-state index is -0.684. The van der Waals surface area contributed by atoms with Crippen molar-refractivity contribution in [2.75, 3.05) is 13.6 Å². The van der Waals surface area contributed by atoms with E-state index in [1.807, 2.05) is 0 Å². The van der Waals surface area contributed by atoms with Crippen LogP contribution in [-0.2, 0) is 0 Å². The second kappa shape index (κ2) is 4.99. The van der Waals surface area contributed by atoms with Gasteiger partial charge in [-0.3, -0.25) is 14.9 Å². The third-order valence-corrected chi connectivity index (χ3v) is 2.08. The molecule has 0 aliphatic carbocycles. The van der Waals surface area contributed by atoms with Crippen LogP contribution in [0.2, 0.25) is 0 Å². The minimum Gasteiger partial charge on any atom is -0.508 e. The average molecular weight is 234 g/mol. The molecule has 0 saturated heterocycles. The number of carbonyl (C=O) groups is 1. The molecule has 0 fully saturated rings. The second-order valence-electron chi connectivity index (χ2n) is 3.32. The molecule has 6 heteroatoms. The first kappa shape index (κ1) is 12.5. The van der Waals surface area contributed by atoms with Gasteiger partial charge in [-0.1, -0.05) is 5.92 Å². The van der Waals surface area contributed by atoms with Crippen LogP contribution >= 0.6 is 0 Å². The van der Waals surface area contributed by atoms with Gasteiger partial charge in [-0.15, -0.1) is 6.42 Å². The fraction of sp³-hybridized carbons (Fsp3) is 0.182. The fourth-order valence-electron chi connectivity index (χ4n) is 1.27. The number of hydrogen-bond acceptors (Lipinski definition) is 4. The smallest absolute Gasteiger partial charge is 0.282 e. The number of nitro groups is 1. The highest BCUT2D eigenvalue weighted by Crippen LogP contribution is 2.24. The van der Waals surface area contributed by atoms with Crippen molar-refractivity contribution in [1.82, 2.24) is 4.90 Å². The molecule has 1 amide bonds. The molecule has 0 spiro atoms. The maximum atomic E-state index is 11.8. The lowest BCUT2D eigenvalue weighted by Gasteiger charge is -2.13. The van der Waals surface area contributed by atoms with Crippen molar-refractivity contribution < 1.29 is 14.8 Å². The summed E-state index contributed by atoms with van der Waals surface area (Å²) in [4.78, 5) is 23.0. The standard InChI is InChI=1S/C11H10N2O4/c1-3-6-12(2)11(15)9-7-8(14)4-5-10(9)13(16)17/h1,4-5,7,14H,6H2,2H3. The summed E-state index contributed by atoms with van der Waals surface area (Å²) >= 11 is 0. The van der Waals surface area contributed by atoms with E-state index in [1.165, 1.54) is 7.05 Å². The monoisotopic (exact) mass is 234 g/mol. The zero-order valence-electron chi connectivity index (χ0n) is 9.08. The third-order valence-electron chi connectivity index (χ3n) is 2.08. The first-order chi connectivity index (χ1) is 7.97. The van der Waals surface area contributed by atoms with Gasteiger partial charge in [0.25, 0.3) is 11.6 Å². The van der Waals surface area contributed by atoms with Gasteiger partial charge in [0, 0.05) is 13.1 Å². The molecular weight excluding hydrogens is 224 g/mol. The van der Waals surface area contributed by atoms with E-state index in [1.54, 1.807) is 0 Å². The highest BCUT2D eigenvalue weighted by Gasteiger charge is 2.22. The molecule has 1 N–H and O–H groups in total. The van der Waals surface area contributed by atoms with E-state index < -0.39 is 10.8 Å². The van der Waals surface area contributed by atoms with Crippen LogP contribution in [0.15, 0.2) is 18.2 Å². The van der Waals surface area contributed by atoms with Crippen molar-refractivity contribution >= 4 is 11.6 Å². The highest BCUT2D eigenvalue weighted by atomic mass is 16.6. The van der Waals surface area contributed by atoms with Gasteiger partial charge in [0.15, 0.2) is 0 Å². The molecule has 0 radical (unpaired) electrons. The molecular formula is C11H10N2O4. The summed E-state index contributed by atoms with van der Waals surface area (Å²) in [5.74, 6) is 1.43. The number of aromatic hydroxyl groups is 1. The van der Waals surface area contributed by atoms with Gasteiger partial charge in [0.1, 0.15) is 11.3 Å². The molecule has 0 atom stereocenters. The van der Waals surface area contributed by atoms with Crippen molar-refractivity contribution in [3.63, 3.8) is 0 Å². The summed E-state index contributed by atoms with van der Waals surface area (Å²) < 4.78 is 0. The van der Waals surface area contributed by atoms with Crippen molar-refractivity contribution in [3.8, 4) is 18.1 Å². The Balaban J connectivity index is 3.20. The molecule has 1 rings (SSSR count). The maximum Gasteiger partial charge on any atom is 0.282 e. The molecule has 88 valence electrons. The van der Waals surface area contributed by atoms with E-state index in [0.29, 0.717) is 0 Å². The summed E-state index contributed by atoms with van der Waals surface area (Å²) in [6.07, 6.45) is 5.05. The van der Waals surface area contributed by atoms with Crippen molar-refractivity contribution in [3.05, 3.63) is 33.9 Å². The van der Waals surface area contributed by atoms with E-state index in [-0.39, 0.29) is 23.5 Å². The number of hydrogen-bond donors (Lipinski definition) is 1. The zero-order valence-corrected chi connectivity index (χ0v) is 9.08. The SMILES string of the molecule is C#CCN(C)C(=O)c1cc(O)ccc1[N+](=O)[O-]. The van der Waals surface area contributed by atoms with Crippen LogP contribution in [0.3, 0.4) is 0 Å². The summed E-state index contributed by atoms with van der Waals surface area (Å²) in [6, 6.07) is 3.27. The lowest BCUT2D eigenvalue weighted by Crippen LogP contribution is -2.27. The lowest BCUT2D eigenvalue weighted by molar-refractivity contribution is -0.385. The molecule has 1 aromatic carbocycles. The number of amides is 1. The van der Waals surface area contributed by atoms with Crippen molar-refractivity contribution in [1.29, 1.82) is 0 Å². The number of nitrogens with zero attached hydrogens (tertiary/aromatic N) is 2. The molecule has 0 aliphatic heterocycles. The molecule has 0 aromatic heterocycles. The Morgan fingerprint density at radius 2 is 2.29 bits per heavy atom. The first-order valence-corrected chi connectivity index (χ1v) is 4.63. The number of rotatable bonds is 3. The molecule has 0 heterocycles. The number of benzene rings is 1. The zero-order chi connectivity index (χ0) is 13.0. The van der Waals surface area contributed by atoms with E-state index in [4.69, 9.17) is 6.42 Å². The quantitative estimate of drug-likeness (QED) is 0.480. The summed E-state index contributed by atoms with van der Waals surface area (Å²) in [6.45, 7) is 0.0334. The third kappa shape index (κ3) is 2.72. The molecule has 0 saturated carbocycles. The van der Waals surface area contributed by atoms with Gasteiger partial charge < -0.3 is 10.0 Å². The highest BCUT2D eigenvalue weighted by molar-refractivity contribution is 5.98. The van der Waals surface area contributed by atoms with Gasteiger partial charge in [0.05, 0.1) is 11.5 Å². The van der Waals surface area contributed by atoms with Gasteiger partial charge in [-0.05, 0) is 12.1 Å². The van der Waals surface area contributed by atoms with E-state index in [9.17, 15) is 20.0 Å². The summed E-state index contributed by atoms with van der Waals surface area (Å²) in [7, 11) is 1.43. The van der Waals surface area contributed by atoms with E-state index in [2.05, 4.69) is 5.92 Å². The maximum absolute atomic E-state index is 11.8. The number of terminal acetylenes is 1. The Morgan fingerprint density at radius 3 is 2.82 bits per heavy atom. The Hall–Kier alpha value is -2.55. The van der Waals surface area contributed by atoms with Crippen LogP contribution in [0.4, 0.5) is 5.69 Å². The van der Waals surface area contributed by atoms with Gasteiger partial charge in [-0.25, -0.2) is 0 Å². The van der Waals surface area contributed by atoms with E-state index >= 15 is 0 Å². The normalized spacial score (nSPS) is 9.41. The fourth-order valence-corrected chi connectivity index (χ4v) is 1.27. The Kier molecular flexibility index (Phi) is 3.67. The Labute approximate surface area is 97.6 Å². The molecule has 0 unspecified atom stereocenters. The Bertz CT molecular complexity index is 505. The second-order valence-corrected chi connectivity index (χ2v) is 3.32. The topological polar surface area (TPSA) is 83.7 Å². The van der Waals surface area contributed by atoms with Crippen LogP contribution in [0.5, 0.6) is 5.75 Å². The first-order valence-electron chi connectivity index (χ1n) is 4.63. The Morgan fingerprint density at radius 1 is 1.65 bits per heavy atom. The van der Waals surface area contributed by atoms with Crippen LogP contribution in [0, 0.1) is 22.5 Å². The van der Waals surface area contributed by atoms with Crippen molar-refractivity contribution in [2.45, 2.75) is 0 Å². The predicted octanol–water partition coefficient (Wildman–Crippen LogP) is 1.01. The number of phenols is 1. The summed E-state index contributed by atoms with van der Waals surface area (Å²) in [5, 5.41) is 20.0. The lowest BCUT2D eigenvalue weighted by atomic mass is 10.1. The molecule has 1 aromatic rings. The number of phenolic OH excluding ortho intramolecular Hbond substituents is 1. The van der Waals surface area contributed by atoms with Gasteiger partial charge in [-0.2, -0.15) is 0 Å². The van der Waals surface area contributed by atoms with E-state index in [0.717, 1.165) is 23.1 Å². The van der Waals surface area contributed by atoms with Crippen LogP contribution in [-0.4, -0.2) is 34.4 Å². The average Bonchev–Trinajstić information content (AvgIpc) is 2.27. The largest absolute Gasteiger partial charge is 0.508 e. The molecule has 6 nitrogen and oxygen atoms in total. The minimum absolute atomic E-state index is 0.0334. The summed E-state index contributed by atoms with van der Waals surface area (Å²) in [5.41, 5.74) is -0.551.